The number of fused-ring (bicyclic) bond motifs is 1. The summed E-state index contributed by atoms with van der Waals surface area (Å²) >= 11 is 13.9. The van der Waals surface area contributed by atoms with Gasteiger partial charge in [0, 0.05) is 10.6 Å². The summed E-state index contributed by atoms with van der Waals surface area (Å²) in [5, 5.41) is 1.30. The van der Waals surface area contributed by atoms with Gasteiger partial charge >= 0.3 is 5.97 Å². The molecule has 0 bridgehead atoms. The SMILES string of the molecule is CCOC(=O)C1=C(C)N=C2S[C@H](CC)C(=O)N2[C@@H]1c1ccc(-c2cc(Cl)ccc2Cl)o1. The number of esters is 1. The van der Waals surface area contributed by atoms with E-state index in [4.69, 9.17) is 32.4 Å². The van der Waals surface area contributed by atoms with Gasteiger partial charge in [0.2, 0.25) is 5.91 Å². The molecule has 31 heavy (non-hydrogen) atoms. The Kier molecular flexibility index (Phi) is 6.19. The third-order valence-electron chi connectivity index (χ3n) is 5.11. The van der Waals surface area contributed by atoms with Crippen molar-refractivity contribution in [2.24, 2.45) is 4.99 Å². The molecule has 3 heterocycles. The number of allylic oxidation sites excluding steroid dienone is 1. The van der Waals surface area contributed by atoms with Crippen molar-refractivity contribution in [3.05, 3.63) is 57.4 Å². The zero-order chi connectivity index (χ0) is 22.3. The molecule has 0 aliphatic carbocycles. The Morgan fingerprint density at radius 3 is 2.74 bits per heavy atom. The van der Waals surface area contributed by atoms with E-state index in [1.165, 1.54) is 11.8 Å². The summed E-state index contributed by atoms with van der Waals surface area (Å²) in [7, 11) is 0. The lowest BCUT2D eigenvalue weighted by Crippen LogP contribution is -2.40. The van der Waals surface area contributed by atoms with Gasteiger partial charge in [-0.05, 0) is 50.6 Å². The van der Waals surface area contributed by atoms with Crippen molar-refractivity contribution in [2.45, 2.75) is 38.5 Å². The number of nitrogens with zero attached hydrogens (tertiary/aromatic N) is 2. The second-order valence-electron chi connectivity index (χ2n) is 7.07. The molecule has 1 aromatic heterocycles. The second-order valence-corrected chi connectivity index (χ2v) is 9.08. The molecular formula is C22H20Cl2N2O4S. The number of rotatable bonds is 5. The van der Waals surface area contributed by atoms with Crippen molar-refractivity contribution < 1.29 is 18.7 Å². The van der Waals surface area contributed by atoms with Gasteiger partial charge in [-0.15, -0.1) is 0 Å². The first-order valence-electron chi connectivity index (χ1n) is 9.87. The van der Waals surface area contributed by atoms with Gasteiger partial charge in [-0.25, -0.2) is 9.79 Å². The highest BCUT2D eigenvalue weighted by molar-refractivity contribution is 8.15. The van der Waals surface area contributed by atoms with Crippen LogP contribution in [0.25, 0.3) is 11.3 Å². The van der Waals surface area contributed by atoms with Crippen LogP contribution in [0.5, 0.6) is 0 Å². The Morgan fingerprint density at radius 2 is 2.03 bits per heavy atom. The van der Waals surface area contributed by atoms with E-state index in [0.717, 1.165) is 0 Å². The van der Waals surface area contributed by atoms with Crippen LogP contribution < -0.4 is 0 Å². The number of amidine groups is 1. The maximum Gasteiger partial charge on any atom is 0.338 e. The van der Waals surface area contributed by atoms with Crippen LogP contribution in [0.3, 0.4) is 0 Å². The van der Waals surface area contributed by atoms with Crippen molar-refractivity contribution in [1.82, 2.24) is 4.90 Å². The van der Waals surface area contributed by atoms with Crippen molar-refractivity contribution in [3.63, 3.8) is 0 Å². The summed E-state index contributed by atoms with van der Waals surface area (Å²) < 4.78 is 11.4. The lowest BCUT2D eigenvalue weighted by atomic mass is 9.99. The number of benzene rings is 1. The molecule has 2 aromatic rings. The van der Waals surface area contributed by atoms with Crippen LogP contribution in [0.4, 0.5) is 0 Å². The monoisotopic (exact) mass is 478 g/mol. The number of ether oxygens (including phenoxy) is 1. The quantitative estimate of drug-likeness (QED) is 0.503. The fourth-order valence-corrected chi connectivity index (χ4v) is 5.18. The number of hydrogen-bond donors (Lipinski definition) is 0. The molecule has 6 nitrogen and oxygen atoms in total. The summed E-state index contributed by atoms with van der Waals surface area (Å²) in [5.41, 5.74) is 1.41. The summed E-state index contributed by atoms with van der Waals surface area (Å²) in [6.07, 6.45) is 0.654. The van der Waals surface area contributed by atoms with Gasteiger partial charge in [-0.1, -0.05) is 41.9 Å². The molecule has 9 heteroatoms. The third kappa shape index (κ3) is 3.90. The lowest BCUT2D eigenvalue weighted by molar-refractivity contribution is -0.139. The van der Waals surface area contributed by atoms with Crippen LogP contribution in [0.1, 0.15) is 39.0 Å². The summed E-state index contributed by atoms with van der Waals surface area (Å²) in [5.74, 6) is 0.277. The van der Waals surface area contributed by atoms with Gasteiger partial charge < -0.3 is 9.15 Å². The molecule has 162 valence electrons. The molecule has 0 saturated carbocycles. The van der Waals surface area contributed by atoms with E-state index in [0.29, 0.717) is 44.4 Å². The maximum absolute atomic E-state index is 13.1. The molecule has 2 atom stereocenters. The van der Waals surface area contributed by atoms with Gasteiger partial charge in [0.15, 0.2) is 5.17 Å². The molecule has 0 N–H and O–H groups in total. The van der Waals surface area contributed by atoms with Crippen LogP contribution >= 0.6 is 35.0 Å². The summed E-state index contributed by atoms with van der Waals surface area (Å²) in [4.78, 5) is 32.0. The Labute approximate surface area is 194 Å². The number of furan rings is 1. The predicted molar refractivity (Wildman–Crippen MR) is 122 cm³/mol. The largest absolute Gasteiger partial charge is 0.463 e. The van der Waals surface area contributed by atoms with Gasteiger partial charge in [0.05, 0.1) is 28.1 Å². The normalized spacial score (nSPS) is 20.7. The minimum atomic E-state index is -0.769. The second kappa shape index (κ2) is 8.73. The van der Waals surface area contributed by atoms with Crippen molar-refractivity contribution in [1.29, 1.82) is 0 Å². The van der Waals surface area contributed by atoms with Crippen LogP contribution in [0.15, 0.2) is 51.0 Å². The molecule has 1 aromatic carbocycles. The first-order chi connectivity index (χ1) is 14.8. The number of halogens is 2. The lowest BCUT2D eigenvalue weighted by Gasteiger charge is -2.31. The first-order valence-corrected chi connectivity index (χ1v) is 11.5. The standard InChI is InChI=1S/C22H20Cl2N2O4S/c1-4-17-20(27)26-19(18(21(28)29-5-2)11(3)25-22(26)31-17)16-9-8-15(30-16)13-10-12(23)6-7-14(13)24/h6-10,17,19H,4-5H2,1-3H3/t17-,19-/m1/s1. The minimum Gasteiger partial charge on any atom is -0.463 e. The fourth-order valence-electron chi connectivity index (χ4n) is 3.66. The number of carbonyl (C=O) groups excluding carboxylic acids is 2. The molecule has 4 rings (SSSR count). The molecular weight excluding hydrogens is 459 g/mol. The highest BCUT2D eigenvalue weighted by atomic mass is 35.5. The van der Waals surface area contributed by atoms with Gasteiger partial charge in [0.1, 0.15) is 17.6 Å². The average Bonchev–Trinajstić information content (AvgIpc) is 3.33. The molecule has 0 spiro atoms. The Hall–Kier alpha value is -2.22. The van der Waals surface area contributed by atoms with Crippen molar-refractivity contribution >= 4 is 52.0 Å². The number of hydrogen-bond acceptors (Lipinski definition) is 6. The van der Waals surface area contributed by atoms with Crippen molar-refractivity contribution in [3.8, 4) is 11.3 Å². The van der Waals surface area contributed by atoms with E-state index in [9.17, 15) is 9.59 Å². The minimum absolute atomic E-state index is 0.107. The molecule has 0 unspecified atom stereocenters. The van der Waals surface area contributed by atoms with E-state index < -0.39 is 12.0 Å². The predicted octanol–water partition coefficient (Wildman–Crippen LogP) is 5.86. The molecule has 1 saturated heterocycles. The first kappa shape index (κ1) is 22.0. The Morgan fingerprint density at radius 1 is 1.26 bits per heavy atom. The van der Waals surface area contributed by atoms with E-state index >= 15 is 0 Å². The summed E-state index contributed by atoms with van der Waals surface area (Å²) in [6, 6.07) is 7.81. The number of amides is 1. The highest BCUT2D eigenvalue weighted by Crippen LogP contribution is 2.45. The Bertz CT molecular complexity index is 1120. The van der Waals surface area contributed by atoms with Crippen LogP contribution in [0, 0.1) is 0 Å². The topological polar surface area (TPSA) is 72.1 Å². The Balaban J connectivity index is 1.82. The van der Waals surface area contributed by atoms with E-state index in [-0.39, 0.29) is 23.3 Å². The van der Waals surface area contributed by atoms with E-state index in [1.54, 1.807) is 49.1 Å². The summed E-state index contributed by atoms with van der Waals surface area (Å²) in [6.45, 7) is 5.63. The highest BCUT2D eigenvalue weighted by Gasteiger charge is 2.48. The van der Waals surface area contributed by atoms with Crippen LogP contribution in [0.2, 0.25) is 10.0 Å². The molecule has 2 aliphatic rings. The average molecular weight is 479 g/mol. The number of carbonyl (C=O) groups is 2. The van der Waals surface area contributed by atoms with Crippen LogP contribution in [-0.2, 0) is 14.3 Å². The number of aliphatic imine (C=N–C) groups is 1. The van der Waals surface area contributed by atoms with Gasteiger partial charge in [-0.2, -0.15) is 0 Å². The van der Waals surface area contributed by atoms with Crippen LogP contribution in [-0.4, -0.2) is 33.8 Å². The smallest absolute Gasteiger partial charge is 0.338 e. The zero-order valence-electron chi connectivity index (χ0n) is 17.1. The molecule has 1 amide bonds. The maximum atomic E-state index is 13.1. The molecule has 1 fully saturated rings. The van der Waals surface area contributed by atoms with E-state index in [1.807, 2.05) is 6.92 Å². The fraction of sp³-hybridized carbons (Fsp3) is 0.318. The van der Waals surface area contributed by atoms with Crippen molar-refractivity contribution in [2.75, 3.05) is 6.61 Å². The zero-order valence-corrected chi connectivity index (χ0v) is 19.5. The molecule has 0 radical (unpaired) electrons. The molecule has 2 aliphatic heterocycles. The van der Waals surface area contributed by atoms with E-state index in [2.05, 4.69) is 4.99 Å². The van der Waals surface area contributed by atoms with Gasteiger partial charge in [0.25, 0.3) is 0 Å². The third-order valence-corrected chi connectivity index (χ3v) is 6.99. The number of thioether (sulfide) groups is 1. The van der Waals surface area contributed by atoms with Gasteiger partial charge in [-0.3, -0.25) is 9.69 Å².